The molecule has 0 spiro atoms. The summed E-state index contributed by atoms with van der Waals surface area (Å²) in [5, 5.41) is 3.42. The molecule has 1 saturated carbocycles. The third kappa shape index (κ3) is 3.75. The summed E-state index contributed by atoms with van der Waals surface area (Å²) in [4.78, 5) is 2.67. The standard InChI is InChI=1S/C15H23N3O2S/c1-18-10-8-12(9-11-18)16-14-4-2-3-5-15(14)21(19,20)17-13-6-7-13/h2-5,12-13,16-17H,6-11H2,1H3. The average molecular weight is 309 g/mol. The molecule has 0 amide bonds. The maximum Gasteiger partial charge on any atom is 0.242 e. The summed E-state index contributed by atoms with van der Waals surface area (Å²) < 4.78 is 27.6. The second-order valence-electron chi connectivity index (χ2n) is 6.11. The summed E-state index contributed by atoms with van der Waals surface area (Å²) in [5.41, 5.74) is 0.722. The molecule has 3 rings (SSSR count). The van der Waals surface area contributed by atoms with Crippen LogP contribution in [0.2, 0.25) is 0 Å². The van der Waals surface area contributed by atoms with Crippen molar-refractivity contribution in [3.05, 3.63) is 24.3 Å². The first-order chi connectivity index (χ1) is 10.0. The first-order valence-corrected chi connectivity index (χ1v) is 9.09. The number of rotatable bonds is 5. The van der Waals surface area contributed by atoms with Crippen LogP contribution < -0.4 is 10.0 Å². The number of hydrogen-bond donors (Lipinski definition) is 2. The number of sulfonamides is 1. The highest BCUT2D eigenvalue weighted by atomic mass is 32.2. The van der Waals surface area contributed by atoms with E-state index < -0.39 is 10.0 Å². The van der Waals surface area contributed by atoms with Gasteiger partial charge >= 0.3 is 0 Å². The van der Waals surface area contributed by atoms with Crippen LogP contribution in [-0.4, -0.2) is 45.5 Å². The number of para-hydroxylation sites is 1. The van der Waals surface area contributed by atoms with Crippen LogP contribution in [0.1, 0.15) is 25.7 Å². The van der Waals surface area contributed by atoms with Gasteiger partial charge in [0.25, 0.3) is 0 Å². The quantitative estimate of drug-likeness (QED) is 0.868. The van der Waals surface area contributed by atoms with E-state index in [1.165, 1.54) is 0 Å². The van der Waals surface area contributed by atoms with E-state index in [0.29, 0.717) is 10.9 Å². The molecule has 116 valence electrons. The first kappa shape index (κ1) is 14.8. The lowest BCUT2D eigenvalue weighted by atomic mass is 10.1. The highest BCUT2D eigenvalue weighted by Crippen LogP contribution is 2.27. The molecule has 0 aromatic heterocycles. The predicted molar refractivity (Wildman–Crippen MR) is 83.9 cm³/mol. The van der Waals surface area contributed by atoms with E-state index in [9.17, 15) is 8.42 Å². The van der Waals surface area contributed by atoms with E-state index in [-0.39, 0.29) is 6.04 Å². The van der Waals surface area contributed by atoms with Crippen LogP contribution >= 0.6 is 0 Å². The van der Waals surface area contributed by atoms with Gasteiger partial charge < -0.3 is 10.2 Å². The zero-order valence-corrected chi connectivity index (χ0v) is 13.2. The van der Waals surface area contributed by atoms with E-state index in [2.05, 4.69) is 22.0 Å². The van der Waals surface area contributed by atoms with E-state index in [0.717, 1.165) is 44.5 Å². The predicted octanol–water partition coefficient (Wildman–Crippen LogP) is 1.63. The maximum atomic E-state index is 12.4. The van der Waals surface area contributed by atoms with Gasteiger partial charge in [-0.05, 0) is 58.0 Å². The molecule has 1 aromatic carbocycles. The lowest BCUT2D eigenvalue weighted by molar-refractivity contribution is 0.264. The fraction of sp³-hybridized carbons (Fsp3) is 0.600. The normalized spacial score (nSPS) is 21.4. The van der Waals surface area contributed by atoms with Crippen molar-refractivity contribution in [1.82, 2.24) is 9.62 Å². The minimum atomic E-state index is -3.41. The summed E-state index contributed by atoms with van der Waals surface area (Å²) >= 11 is 0. The van der Waals surface area contributed by atoms with Crippen molar-refractivity contribution in [1.29, 1.82) is 0 Å². The van der Waals surface area contributed by atoms with Crippen molar-refractivity contribution in [2.45, 2.75) is 42.7 Å². The van der Waals surface area contributed by atoms with Gasteiger partial charge in [0, 0.05) is 12.1 Å². The van der Waals surface area contributed by atoms with E-state index in [1.807, 2.05) is 12.1 Å². The monoisotopic (exact) mass is 309 g/mol. The molecule has 1 aliphatic heterocycles. The Morgan fingerprint density at radius 2 is 1.71 bits per heavy atom. The summed E-state index contributed by atoms with van der Waals surface area (Å²) in [7, 11) is -1.29. The SMILES string of the molecule is CN1CCC(Nc2ccccc2S(=O)(=O)NC2CC2)CC1. The number of benzene rings is 1. The smallest absolute Gasteiger partial charge is 0.242 e. The Morgan fingerprint density at radius 3 is 2.38 bits per heavy atom. The molecule has 0 radical (unpaired) electrons. The van der Waals surface area contributed by atoms with Gasteiger partial charge in [-0.3, -0.25) is 0 Å². The van der Waals surface area contributed by atoms with Gasteiger partial charge in [0.2, 0.25) is 10.0 Å². The Morgan fingerprint density at radius 1 is 1.05 bits per heavy atom. The van der Waals surface area contributed by atoms with Crippen molar-refractivity contribution in [3.63, 3.8) is 0 Å². The van der Waals surface area contributed by atoms with Crippen LogP contribution in [0, 0.1) is 0 Å². The van der Waals surface area contributed by atoms with Crippen molar-refractivity contribution < 1.29 is 8.42 Å². The Hall–Kier alpha value is -1.11. The molecule has 0 unspecified atom stereocenters. The average Bonchev–Trinajstić information content (AvgIpc) is 3.25. The number of nitrogens with one attached hydrogen (secondary N) is 2. The summed E-state index contributed by atoms with van der Waals surface area (Å²) in [6.45, 7) is 2.10. The fourth-order valence-electron chi connectivity index (χ4n) is 2.68. The zero-order chi connectivity index (χ0) is 14.9. The molecule has 1 heterocycles. The van der Waals surface area contributed by atoms with E-state index in [4.69, 9.17) is 0 Å². The molecule has 0 atom stereocenters. The van der Waals surface area contributed by atoms with Crippen LogP contribution in [0.25, 0.3) is 0 Å². The molecule has 6 heteroatoms. The molecule has 1 aromatic rings. The minimum Gasteiger partial charge on any atom is -0.381 e. The van der Waals surface area contributed by atoms with E-state index >= 15 is 0 Å². The molecule has 2 N–H and O–H groups in total. The largest absolute Gasteiger partial charge is 0.381 e. The highest BCUT2D eigenvalue weighted by molar-refractivity contribution is 7.89. The van der Waals surface area contributed by atoms with Crippen molar-refractivity contribution in [2.24, 2.45) is 0 Å². The number of hydrogen-bond acceptors (Lipinski definition) is 4. The maximum absolute atomic E-state index is 12.4. The first-order valence-electron chi connectivity index (χ1n) is 7.61. The van der Waals surface area contributed by atoms with Crippen LogP contribution in [0.5, 0.6) is 0 Å². The molecule has 5 nitrogen and oxygen atoms in total. The second-order valence-corrected chi connectivity index (χ2v) is 7.80. The van der Waals surface area contributed by atoms with Gasteiger partial charge in [0.15, 0.2) is 0 Å². The molecule has 2 fully saturated rings. The number of piperidine rings is 1. The van der Waals surface area contributed by atoms with Gasteiger partial charge in [0.1, 0.15) is 4.90 Å². The highest BCUT2D eigenvalue weighted by Gasteiger charge is 2.29. The molecular weight excluding hydrogens is 286 g/mol. The Labute approximate surface area is 126 Å². The Kier molecular flexibility index (Phi) is 4.19. The van der Waals surface area contributed by atoms with Gasteiger partial charge in [-0.1, -0.05) is 12.1 Å². The number of anilines is 1. The lowest BCUT2D eigenvalue weighted by Crippen LogP contribution is -2.37. The van der Waals surface area contributed by atoms with Crippen molar-refractivity contribution >= 4 is 15.7 Å². The third-order valence-electron chi connectivity index (χ3n) is 4.15. The summed E-state index contributed by atoms with van der Waals surface area (Å²) in [6, 6.07) is 7.68. The third-order valence-corrected chi connectivity index (χ3v) is 5.73. The minimum absolute atomic E-state index is 0.131. The van der Waals surface area contributed by atoms with E-state index in [1.54, 1.807) is 12.1 Å². The zero-order valence-electron chi connectivity index (χ0n) is 12.4. The number of nitrogens with zero attached hydrogens (tertiary/aromatic N) is 1. The molecule has 2 aliphatic rings. The molecule has 1 aliphatic carbocycles. The lowest BCUT2D eigenvalue weighted by Gasteiger charge is -2.30. The Balaban J connectivity index is 1.76. The van der Waals surface area contributed by atoms with Crippen LogP contribution in [0.3, 0.4) is 0 Å². The Bertz CT molecular complexity index is 591. The van der Waals surface area contributed by atoms with Crippen LogP contribution in [0.4, 0.5) is 5.69 Å². The molecular formula is C15H23N3O2S. The summed E-state index contributed by atoms with van der Waals surface area (Å²) in [5.74, 6) is 0. The molecule has 21 heavy (non-hydrogen) atoms. The van der Waals surface area contributed by atoms with Gasteiger partial charge in [-0.15, -0.1) is 0 Å². The van der Waals surface area contributed by atoms with Crippen molar-refractivity contribution in [2.75, 3.05) is 25.5 Å². The number of likely N-dealkylation sites (tertiary alicyclic amines) is 1. The van der Waals surface area contributed by atoms with Crippen molar-refractivity contribution in [3.8, 4) is 0 Å². The van der Waals surface area contributed by atoms with Crippen LogP contribution in [-0.2, 0) is 10.0 Å². The fourth-order valence-corrected chi connectivity index (χ4v) is 4.15. The molecule has 0 bridgehead atoms. The van der Waals surface area contributed by atoms with Crippen LogP contribution in [0.15, 0.2) is 29.2 Å². The van der Waals surface area contributed by atoms with Gasteiger partial charge in [-0.25, -0.2) is 13.1 Å². The van der Waals surface area contributed by atoms with Gasteiger partial charge in [-0.2, -0.15) is 0 Å². The van der Waals surface area contributed by atoms with Gasteiger partial charge in [0.05, 0.1) is 5.69 Å². The summed E-state index contributed by atoms with van der Waals surface area (Å²) in [6.07, 6.45) is 3.98. The molecule has 1 saturated heterocycles. The second kappa shape index (κ2) is 5.94. The topological polar surface area (TPSA) is 61.4 Å².